The van der Waals surface area contributed by atoms with E-state index in [4.69, 9.17) is 14.3 Å². The molecule has 2 aromatic carbocycles. The lowest BCUT2D eigenvalue weighted by atomic mass is 10.1. The minimum Gasteiger partial charge on any atom is -0.464 e. The molecule has 9 heteroatoms. The van der Waals surface area contributed by atoms with Crippen LogP contribution in [-0.2, 0) is 37.2 Å². The van der Waals surface area contributed by atoms with Gasteiger partial charge in [0.1, 0.15) is 5.58 Å². The highest BCUT2D eigenvalue weighted by molar-refractivity contribution is 7.89. The fraction of sp³-hybridized carbons (Fsp3) is 0.200. The van der Waals surface area contributed by atoms with Gasteiger partial charge in [-0.1, -0.05) is 19.1 Å². The normalized spacial score (nSPS) is 11.4. The Hall–Kier alpha value is -3.17. The number of nitrogens with two attached hydrogens (primary N) is 1. The molecule has 3 N–H and O–H groups in total. The average Bonchev–Trinajstić information content (AvgIpc) is 3.08. The van der Waals surface area contributed by atoms with Gasteiger partial charge in [0.2, 0.25) is 10.0 Å². The number of furan rings is 1. The number of hydrogen-bond acceptors (Lipinski definition) is 6. The maximum Gasteiger partial charge on any atom is 0.310 e. The van der Waals surface area contributed by atoms with Gasteiger partial charge >= 0.3 is 5.97 Å². The van der Waals surface area contributed by atoms with Crippen LogP contribution in [0.4, 0.5) is 5.69 Å². The van der Waals surface area contributed by atoms with E-state index in [0.29, 0.717) is 16.8 Å². The highest BCUT2D eigenvalue weighted by Crippen LogP contribution is 2.23. The summed E-state index contributed by atoms with van der Waals surface area (Å²) in [5.74, 6) is -1.11. The van der Waals surface area contributed by atoms with Crippen LogP contribution < -0.4 is 10.5 Å². The number of fused-ring (bicyclic) bond motifs is 1. The first-order valence-corrected chi connectivity index (χ1v) is 10.4. The Balaban J connectivity index is 1.53. The molecule has 8 nitrogen and oxygen atoms in total. The lowest BCUT2D eigenvalue weighted by molar-refractivity contribution is -0.146. The monoisotopic (exact) mass is 416 g/mol. The number of benzene rings is 2. The Bertz CT molecular complexity index is 1150. The van der Waals surface area contributed by atoms with Crippen LogP contribution in [0.2, 0.25) is 0 Å². The second kappa shape index (κ2) is 8.46. The molecule has 0 saturated carbocycles. The van der Waals surface area contributed by atoms with E-state index in [9.17, 15) is 18.0 Å². The zero-order chi connectivity index (χ0) is 21.0. The lowest BCUT2D eigenvalue weighted by Crippen LogP contribution is -2.21. The minimum atomic E-state index is -3.80. The van der Waals surface area contributed by atoms with Gasteiger partial charge in [-0.05, 0) is 42.3 Å². The third-order valence-electron chi connectivity index (χ3n) is 4.29. The second-order valence-corrected chi connectivity index (χ2v) is 7.96. The van der Waals surface area contributed by atoms with Crippen LogP contribution in [0.5, 0.6) is 0 Å². The number of carbonyl (C=O) groups excluding carboxylic acids is 2. The molecule has 0 saturated heterocycles. The molecule has 3 aromatic rings. The van der Waals surface area contributed by atoms with Crippen LogP contribution in [0.15, 0.2) is 58.0 Å². The van der Waals surface area contributed by atoms with Crippen LogP contribution >= 0.6 is 0 Å². The van der Waals surface area contributed by atoms with E-state index in [1.165, 1.54) is 30.5 Å². The number of esters is 1. The first-order chi connectivity index (χ1) is 13.8. The predicted octanol–water partition coefficient (Wildman–Crippen LogP) is 2.37. The Kier molecular flexibility index (Phi) is 6.00. The zero-order valence-electron chi connectivity index (χ0n) is 15.7. The Morgan fingerprint density at radius 2 is 1.86 bits per heavy atom. The maximum absolute atomic E-state index is 12.1. The third-order valence-corrected chi connectivity index (χ3v) is 5.22. The van der Waals surface area contributed by atoms with E-state index in [1.54, 1.807) is 0 Å². The Morgan fingerprint density at radius 1 is 1.14 bits per heavy atom. The van der Waals surface area contributed by atoms with Crippen molar-refractivity contribution in [3.63, 3.8) is 0 Å². The molecular formula is C20H20N2O6S. The molecule has 1 amide bonds. The summed E-state index contributed by atoms with van der Waals surface area (Å²) in [6.45, 7) is 1.58. The molecule has 152 valence electrons. The van der Waals surface area contributed by atoms with Gasteiger partial charge in [-0.25, -0.2) is 13.6 Å². The molecule has 0 aliphatic rings. The first kappa shape index (κ1) is 20.6. The molecular weight excluding hydrogens is 396 g/mol. The van der Waals surface area contributed by atoms with E-state index in [1.807, 2.05) is 25.1 Å². The van der Waals surface area contributed by atoms with Crippen molar-refractivity contribution in [2.24, 2.45) is 5.14 Å². The van der Waals surface area contributed by atoms with E-state index < -0.39 is 28.5 Å². The van der Waals surface area contributed by atoms with Crippen molar-refractivity contribution in [3.05, 3.63) is 59.9 Å². The predicted molar refractivity (Wildman–Crippen MR) is 107 cm³/mol. The highest BCUT2D eigenvalue weighted by atomic mass is 32.2. The number of ether oxygens (including phenoxy) is 1. The molecule has 0 bridgehead atoms. The second-order valence-electron chi connectivity index (χ2n) is 6.40. The van der Waals surface area contributed by atoms with Gasteiger partial charge in [0, 0.05) is 16.6 Å². The molecule has 0 aliphatic heterocycles. The van der Waals surface area contributed by atoms with Crippen LogP contribution in [-0.4, -0.2) is 26.9 Å². The molecule has 1 heterocycles. The fourth-order valence-electron chi connectivity index (χ4n) is 2.76. The maximum atomic E-state index is 12.1. The molecule has 0 radical (unpaired) electrons. The minimum absolute atomic E-state index is 0.0190. The van der Waals surface area contributed by atoms with Crippen LogP contribution in [0.1, 0.15) is 18.1 Å². The van der Waals surface area contributed by atoms with E-state index in [-0.39, 0.29) is 11.3 Å². The summed E-state index contributed by atoms with van der Waals surface area (Å²) in [6, 6.07) is 11.1. The Labute approximate surface area is 167 Å². The van der Waals surface area contributed by atoms with Crippen molar-refractivity contribution in [1.82, 2.24) is 0 Å². The number of aryl methyl sites for hydroxylation is 1. The summed E-state index contributed by atoms with van der Waals surface area (Å²) in [5, 5.41) is 8.35. The number of nitrogens with one attached hydrogen (secondary N) is 1. The number of primary sulfonamides is 1. The summed E-state index contributed by atoms with van der Waals surface area (Å²) in [6.07, 6.45) is 2.38. The molecule has 1 aromatic heterocycles. The molecule has 0 fully saturated rings. The highest BCUT2D eigenvalue weighted by Gasteiger charge is 2.14. The smallest absolute Gasteiger partial charge is 0.310 e. The number of sulfonamides is 1. The van der Waals surface area contributed by atoms with Crippen molar-refractivity contribution in [3.8, 4) is 0 Å². The quantitative estimate of drug-likeness (QED) is 0.569. The number of carbonyl (C=O) groups is 2. The summed E-state index contributed by atoms with van der Waals surface area (Å²) < 4.78 is 32.9. The number of amides is 1. The first-order valence-electron chi connectivity index (χ1n) is 8.83. The van der Waals surface area contributed by atoms with Crippen LogP contribution in [0.3, 0.4) is 0 Å². The van der Waals surface area contributed by atoms with Gasteiger partial charge in [0.25, 0.3) is 5.91 Å². The van der Waals surface area contributed by atoms with Crippen molar-refractivity contribution < 1.29 is 27.2 Å². The van der Waals surface area contributed by atoms with Crippen LogP contribution in [0, 0.1) is 0 Å². The van der Waals surface area contributed by atoms with Crippen molar-refractivity contribution in [1.29, 1.82) is 0 Å². The largest absolute Gasteiger partial charge is 0.464 e. The SMILES string of the molecule is CCc1ccc2c(CC(=O)OCC(=O)Nc3ccc(S(N)(=O)=O)cc3)coc2c1. The number of rotatable bonds is 7. The molecule has 0 aliphatic carbocycles. The van der Waals surface area contributed by atoms with Crippen molar-refractivity contribution in [2.45, 2.75) is 24.7 Å². The topological polar surface area (TPSA) is 129 Å². The van der Waals surface area contributed by atoms with Crippen molar-refractivity contribution >= 4 is 38.6 Å². The van der Waals surface area contributed by atoms with Crippen LogP contribution in [0.25, 0.3) is 11.0 Å². The Morgan fingerprint density at radius 3 is 2.52 bits per heavy atom. The fourth-order valence-corrected chi connectivity index (χ4v) is 3.28. The molecule has 0 unspecified atom stereocenters. The average molecular weight is 416 g/mol. The number of anilines is 1. The summed E-state index contributed by atoms with van der Waals surface area (Å²) in [5.41, 5.74) is 2.88. The van der Waals surface area contributed by atoms with E-state index >= 15 is 0 Å². The van der Waals surface area contributed by atoms with Gasteiger partial charge in [0.05, 0.1) is 17.6 Å². The standard InChI is InChI=1S/C20H20N2O6S/c1-2-13-3-8-17-14(11-27-18(17)9-13)10-20(24)28-12-19(23)22-15-4-6-16(7-5-15)29(21,25)26/h3-9,11H,2,10,12H2,1H3,(H,22,23)(H2,21,25,26). The summed E-state index contributed by atoms with van der Waals surface area (Å²) >= 11 is 0. The summed E-state index contributed by atoms with van der Waals surface area (Å²) in [4.78, 5) is 23.9. The lowest BCUT2D eigenvalue weighted by Gasteiger charge is -2.07. The third kappa shape index (κ3) is 5.21. The zero-order valence-corrected chi connectivity index (χ0v) is 16.5. The molecule has 0 atom stereocenters. The number of hydrogen-bond donors (Lipinski definition) is 2. The van der Waals surface area contributed by atoms with Gasteiger partial charge in [-0.3, -0.25) is 9.59 Å². The van der Waals surface area contributed by atoms with E-state index in [0.717, 1.165) is 17.4 Å². The van der Waals surface area contributed by atoms with E-state index in [2.05, 4.69) is 5.32 Å². The summed E-state index contributed by atoms with van der Waals surface area (Å²) in [7, 11) is -3.80. The van der Waals surface area contributed by atoms with Gasteiger partial charge in [-0.15, -0.1) is 0 Å². The van der Waals surface area contributed by atoms with Crippen molar-refractivity contribution in [2.75, 3.05) is 11.9 Å². The molecule has 3 rings (SSSR count). The molecule has 29 heavy (non-hydrogen) atoms. The van der Waals surface area contributed by atoms with Gasteiger partial charge in [0.15, 0.2) is 6.61 Å². The van der Waals surface area contributed by atoms with Gasteiger partial charge in [-0.2, -0.15) is 0 Å². The molecule has 0 spiro atoms. The van der Waals surface area contributed by atoms with Gasteiger partial charge < -0.3 is 14.5 Å².